The number of carbonyl (C=O) groups is 1. The van der Waals surface area contributed by atoms with Crippen molar-refractivity contribution < 1.29 is 4.79 Å². The molecule has 2 heterocycles. The van der Waals surface area contributed by atoms with Gasteiger partial charge >= 0.3 is 0 Å². The number of primary amides is 1. The molecule has 1 atom stereocenters. The Morgan fingerprint density at radius 3 is 2.52 bits per heavy atom. The van der Waals surface area contributed by atoms with Crippen molar-refractivity contribution in [3.8, 4) is 0 Å². The predicted molar refractivity (Wildman–Crippen MR) is 83.4 cm³/mol. The lowest BCUT2D eigenvalue weighted by Gasteiger charge is -2.31. The first kappa shape index (κ1) is 14.7. The number of rotatable bonds is 5. The first-order valence-corrected chi connectivity index (χ1v) is 8.60. The van der Waals surface area contributed by atoms with Crippen molar-refractivity contribution in [3.05, 3.63) is 0 Å². The van der Waals surface area contributed by atoms with Crippen molar-refractivity contribution in [2.24, 2.45) is 11.7 Å². The Morgan fingerprint density at radius 1 is 1.29 bits per heavy atom. The minimum atomic E-state index is -0.307. The highest BCUT2D eigenvalue weighted by molar-refractivity contribution is 8.00. The second-order valence-electron chi connectivity index (χ2n) is 6.22. The maximum Gasteiger partial charge on any atom is 0.230 e. The summed E-state index contributed by atoms with van der Waals surface area (Å²) < 4.78 is 2.22. The van der Waals surface area contributed by atoms with Crippen LogP contribution in [0.2, 0.25) is 0 Å². The van der Waals surface area contributed by atoms with Gasteiger partial charge in [0.15, 0.2) is 5.16 Å². The number of carbonyl (C=O) groups excluding carboxylic acids is 1. The molecule has 21 heavy (non-hydrogen) atoms. The van der Waals surface area contributed by atoms with Gasteiger partial charge in [-0.1, -0.05) is 18.7 Å². The summed E-state index contributed by atoms with van der Waals surface area (Å²) in [5.74, 6) is 1.46. The number of piperidine rings is 1. The monoisotopic (exact) mass is 309 g/mol. The molecule has 0 unspecified atom stereocenters. The molecule has 7 heteroatoms. The summed E-state index contributed by atoms with van der Waals surface area (Å²) >= 11 is 1.42. The van der Waals surface area contributed by atoms with Crippen molar-refractivity contribution in [2.75, 3.05) is 18.0 Å². The van der Waals surface area contributed by atoms with Gasteiger partial charge in [0.2, 0.25) is 11.9 Å². The summed E-state index contributed by atoms with van der Waals surface area (Å²) in [6, 6.07) is 0.497. The zero-order chi connectivity index (χ0) is 15.0. The van der Waals surface area contributed by atoms with Crippen molar-refractivity contribution in [1.29, 1.82) is 0 Å². The van der Waals surface area contributed by atoms with Gasteiger partial charge in [-0.15, -0.1) is 10.2 Å². The molecule has 3 rings (SSSR count). The van der Waals surface area contributed by atoms with E-state index < -0.39 is 0 Å². The average molecular weight is 309 g/mol. The lowest BCUT2D eigenvalue weighted by atomic mass is 10.00. The molecule has 6 nitrogen and oxygen atoms in total. The number of anilines is 1. The fourth-order valence-corrected chi connectivity index (χ4v) is 3.51. The molecule has 2 N–H and O–H groups in total. The zero-order valence-corrected chi connectivity index (χ0v) is 13.5. The summed E-state index contributed by atoms with van der Waals surface area (Å²) in [5.41, 5.74) is 5.36. The Labute approximate surface area is 129 Å². The van der Waals surface area contributed by atoms with Crippen LogP contribution in [0.5, 0.6) is 0 Å². The van der Waals surface area contributed by atoms with Crippen LogP contribution < -0.4 is 10.6 Å². The molecule has 1 aromatic rings. The minimum absolute atomic E-state index is 0.277. The van der Waals surface area contributed by atoms with Gasteiger partial charge in [0.25, 0.3) is 0 Å². The summed E-state index contributed by atoms with van der Waals surface area (Å²) in [4.78, 5) is 13.6. The molecule has 1 aliphatic heterocycles. The van der Waals surface area contributed by atoms with Crippen LogP contribution in [-0.4, -0.2) is 39.0 Å². The van der Waals surface area contributed by atoms with Gasteiger partial charge < -0.3 is 10.6 Å². The zero-order valence-electron chi connectivity index (χ0n) is 12.7. The molecule has 2 aliphatic rings. The van der Waals surface area contributed by atoms with Gasteiger partial charge in [0.05, 0.1) is 5.25 Å². The molecule has 0 aromatic carbocycles. The fraction of sp³-hybridized carbons (Fsp3) is 0.786. The molecule has 0 bridgehead atoms. The maximum atomic E-state index is 11.3. The van der Waals surface area contributed by atoms with E-state index in [2.05, 4.69) is 26.6 Å². The van der Waals surface area contributed by atoms with Crippen molar-refractivity contribution >= 4 is 23.6 Å². The number of hydrogen-bond donors (Lipinski definition) is 1. The highest BCUT2D eigenvalue weighted by atomic mass is 32.2. The number of amides is 1. The first-order chi connectivity index (χ1) is 10.1. The lowest BCUT2D eigenvalue weighted by molar-refractivity contribution is -0.117. The van der Waals surface area contributed by atoms with Crippen molar-refractivity contribution in [2.45, 2.75) is 56.0 Å². The maximum absolute atomic E-state index is 11.3. The van der Waals surface area contributed by atoms with Crippen LogP contribution in [0.1, 0.15) is 45.6 Å². The number of thioether (sulfide) groups is 1. The van der Waals surface area contributed by atoms with Crippen molar-refractivity contribution in [3.63, 3.8) is 0 Å². The van der Waals surface area contributed by atoms with Gasteiger partial charge in [-0.25, -0.2) is 0 Å². The minimum Gasteiger partial charge on any atom is -0.369 e. The third-order valence-electron chi connectivity index (χ3n) is 4.31. The third-order valence-corrected chi connectivity index (χ3v) is 5.38. The Hall–Kier alpha value is -1.24. The number of aromatic nitrogens is 3. The van der Waals surface area contributed by atoms with Gasteiger partial charge in [-0.2, -0.15) is 0 Å². The second-order valence-corrected chi connectivity index (χ2v) is 7.52. The highest BCUT2D eigenvalue weighted by Gasteiger charge is 2.33. The smallest absolute Gasteiger partial charge is 0.230 e. The largest absolute Gasteiger partial charge is 0.369 e. The summed E-state index contributed by atoms with van der Waals surface area (Å²) in [6.45, 7) is 6.21. The van der Waals surface area contributed by atoms with E-state index in [4.69, 9.17) is 5.73 Å². The van der Waals surface area contributed by atoms with Crippen LogP contribution in [-0.2, 0) is 4.79 Å². The second kappa shape index (κ2) is 5.87. The van der Waals surface area contributed by atoms with E-state index in [1.54, 1.807) is 0 Å². The average Bonchev–Trinajstić information content (AvgIpc) is 3.21. The molecule has 1 amide bonds. The Morgan fingerprint density at radius 2 is 1.95 bits per heavy atom. The normalized spacial score (nSPS) is 21.5. The molecular weight excluding hydrogens is 286 g/mol. The SMILES string of the molecule is CC1CCN(c2nnc(S[C@H](C)C(N)=O)n2C2CC2)CC1. The summed E-state index contributed by atoms with van der Waals surface area (Å²) in [5, 5.41) is 9.28. The predicted octanol–water partition coefficient (Wildman–Crippen LogP) is 1.82. The summed E-state index contributed by atoms with van der Waals surface area (Å²) in [6.07, 6.45) is 4.76. The molecular formula is C14H23N5OS. The number of hydrogen-bond acceptors (Lipinski definition) is 5. The third kappa shape index (κ3) is 3.17. The van der Waals surface area contributed by atoms with Crippen molar-refractivity contribution in [1.82, 2.24) is 14.8 Å². The number of nitrogens with two attached hydrogens (primary N) is 1. The molecule has 116 valence electrons. The highest BCUT2D eigenvalue weighted by Crippen LogP contribution is 2.42. The first-order valence-electron chi connectivity index (χ1n) is 7.72. The molecule has 1 saturated heterocycles. The van der Waals surface area contributed by atoms with E-state index in [0.717, 1.165) is 30.1 Å². The standard InChI is InChI=1S/C14H23N5OS/c1-9-5-7-18(8-6-9)13-16-17-14(19(13)11-3-4-11)21-10(2)12(15)20/h9-11H,3-8H2,1-2H3,(H2,15,20)/t10-/m1/s1. The Kier molecular flexibility index (Phi) is 4.10. The van der Waals surface area contributed by atoms with Crippen LogP contribution in [0.4, 0.5) is 5.95 Å². The quantitative estimate of drug-likeness (QED) is 0.840. The van der Waals surface area contributed by atoms with Crippen LogP contribution in [0.25, 0.3) is 0 Å². The van der Waals surface area contributed by atoms with Gasteiger partial charge in [0, 0.05) is 19.1 Å². The lowest BCUT2D eigenvalue weighted by Crippen LogP contribution is -2.34. The molecule has 2 fully saturated rings. The van der Waals surface area contributed by atoms with Crippen LogP contribution in [0.3, 0.4) is 0 Å². The summed E-state index contributed by atoms with van der Waals surface area (Å²) in [7, 11) is 0. The van der Waals surface area contributed by atoms with Gasteiger partial charge in [0.1, 0.15) is 0 Å². The topological polar surface area (TPSA) is 77.0 Å². The molecule has 0 radical (unpaired) electrons. The number of nitrogens with zero attached hydrogens (tertiary/aromatic N) is 4. The van der Waals surface area contributed by atoms with Gasteiger partial charge in [-0.3, -0.25) is 9.36 Å². The van der Waals surface area contributed by atoms with Crippen LogP contribution in [0, 0.1) is 5.92 Å². The molecule has 1 aliphatic carbocycles. The Bertz CT molecular complexity index is 519. The van der Waals surface area contributed by atoms with Gasteiger partial charge in [-0.05, 0) is 38.5 Å². The molecule has 1 saturated carbocycles. The van der Waals surface area contributed by atoms with E-state index >= 15 is 0 Å². The fourth-order valence-electron chi connectivity index (χ4n) is 2.64. The van der Waals surface area contributed by atoms with E-state index in [1.807, 2.05) is 6.92 Å². The Balaban J connectivity index is 1.81. The van der Waals surface area contributed by atoms with E-state index in [1.165, 1.54) is 37.4 Å². The van der Waals surface area contributed by atoms with E-state index in [-0.39, 0.29) is 11.2 Å². The molecule has 0 spiro atoms. The van der Waals surface area contributed by atoms with Crippen LogP contribution >= 0.6 is 11.8 Å². The van der Waals surface area contributed by atoms with E-state index in [9.17, 15) is 4.79 Å². The van der Waals surface area contributed by atoms with E-state index in [0.29, 0.717) is 6.04 Å². The molecule has 1 aromatic heterocycles. The van der Waals surface area contributed by atoms with Crippen LogP contribution in [0.15, 0.2) is 5.16 Å².